The SMILES string of the molecule is CC1(C)CC(c2ccc(Cl)cc2)C(CBr)=NO1. The van der Waals surface area contributed by atoms with Gasteiger partial charge >= 0.3 is 0 Å². The van der Waals surface area contributed by atoms with E-state index in [1.807, 2.05) is 12.1 Å². The van der Waals surface area contributed by atoms with Crippen LogP contribution in [0.25, 0.3) is 0 Å². The Labute approximate surface area is 115 Å². The van der Waals surface area contributed by atoms with Crippen molar-refractivity contribution in [3.05, 3.63) is 34.9 Å². The second-order valence-corrected chi connectivity index (χ2v) is 5.87. The fraction of sp³-hybridized carbons (Fsp3) is 0.462. The van der Waals surface area contributed by atoms with Gasteiger partial charge in [0.1, 0.15) is 5.60 Å². The first-order valence-electron chi connectivity index (χ1n) is 5.58. The highest BCUT2D eigenvalue weighted by Crippen LogP contribution is 2.34. The Morgan fingerprint density at radius 1 is 1.41 bits per heavy atom. The highest BCUT2D eigenvalue weighted by Gasteiger charge is 2.33. The van der Waals surface area contributed by atoms with Crippen LogP contribution in [0.5, 0.6) is 0 Å². The second kappa shape index (κ2) is 4.99. The van der Waals surface area contributed by atoms with Crippen molar-refractivity contribution in [3.8, 4) is 0 Å². The molecule has 0 aromatic heterocycles. The van der Waals surface area contributed by atoms with Crippen LogP contribution in [0.3, 0.4) is 0 Å². The van der Waals surface area contributed by atoms with Gasteiger partial charge in [0.25, 0.3) is 0 Å². The molecule has 1 aromatic carbocycles. The normalized spacial score (nSPS) is 22.8. The van der Waals surface area contributed by atoms with Gasteiger partial charge in [-0.05, 0) is 31.5 Å². The summed E-state index contributed by atoms with van der Waals surface area (Å²) in [7, 11) is 0. The molecule has 0 fully saturated rings. The average Bonchev–Trinajstić information content (AvgIpc) is 2.29. The Hall–Kier alpha value is -0.540. The van der Waals surface area contributed by atoms with E-state index in [1.165, 1.54) is 5.56 Å². The van der Waals surface area contributed by atoms with E-state index >= 15 is 0 Å². The molecule has 0 aliphatic carbocycles. The number of halogens is 2. The van der Waals surface area contributed by atoms with Crippen molar-refractivity contribution in [2.24, 2.45) is 5.16 Å². The Morgan fingerprint density at radius 2 is 2.06 bits per heavy atom. The minimum absolute atomic E-state index is 0.212. The summed E-state index contributed by atoms with van der Waals surface area (Å²) >= 11 is 9.38. The molecule has 0 saturated carbocycles. The molecular weight excluding hydrogens is 302 g/mol. The quantitative estimate of drug-likeness (QED) is 0.742. The van der Waals surface area contributed by atoms with Gasteiger partial charge in [-0.3, -0.25) is 0 Å². The predicted octanol–water partition coefficient (Wildman–Crippen LogP) is 4.37. The summed E-state index contributed by atoms with van der Waals surface area (Å²) in [5, 5.41) is 5.71. The molecule has 2 nitrogen and oxygen atoms in total. The van der Waals surface area contributed by atoms with E-state index in [1.54, 1.807) is 0 Å². The van der Waals surface area contributed by atoms with Crippen LogP contribution in [-0.2, 0) is 4.84 Å². The summed E-state index contributed by atoms with van der Waals surface area (Å²) in [5.74, 6) is 0.301. The van der Waals surface area contributed by atoms with Crippen molar-refractivity contribution >= 4 is 33.2 Å². The highest BCUT2D eigenvalue weighted by atomic mass is 79.9. The zero-order chi connectivity index (χ0) is 12.5. The summed E-state index contributed by atoms with van der Waals surface area (Å²) in [6.45, 7) is 4.12. The fourth-order valence-electron chi connectivity index (χ4n) is 2.02. The first-order valence-corrected chi connectivity index (χ1v) is 7.08. The molecule has 92 valence electrons. The van der Waals surface area contributed by atoms with Crippen LogP contribution in [0, 0.1) is 0 Å². The lowest BCUT2D eigenvalue weighted by atomic mass is 9.84. The molecule has 1 aromatic rings. The van der Waals surface area contributed by atoms with E-state index in [9.17, 15) is 0 Å². The Bertz CT molecular complexity index is 428. The van der Waals surface area contributed by atoms with Crippen LogP contribution in [0.15, 0.2) is 29.4 Å². The van der Waals surface area contributed by atoms with Gasteiger partial charge in [-0.1, -0.05) is 44.8 Å². The van der Waals surface area contributed by atoms with Crippen LogP contribution in [0.2, 0.25) is 5.02 Å². The molecule has 0 bridgehead atoms. The lowest BCUT2D eigenvalue weighted by Gasteiger charge is -2.33. The number of hydrogen-bond donors (Lipinski definition) is 0. The van der Waals surface area contributed by atoms with E-state index in [2.05, 4.69) is 47.1 Å². The van der Waals surface area contributed by atoms with Crippen molar-refractivity contribution in [1.29, 1.82) is 0 Å². The van der Waals surface area contributed by atoms with Gasteiger partial charge in [-0.25, -0.2) is 0 Å². The van der Waals surface area contributed by atoms with Crippen LogP contribution in [0.4, 0.5) is 0 Å². The van der Waals surface area contributed by atoms with Crippen molar-refractivity contribution < 1.29 is 4.84 Å². The van der Waals surface area contributed by atoms with Crippen molar-refractivity contribution in [2.45, 2.75) is 31.8 Å². The zero-order valence-electron chi connectivity index (χ0n) is 9.91. The molecule has 0 radical (unpaired) electrons. The lowest BCUT2D eigenvalue weighted by molar-refractivity contribution is -0.0327. The first kappa shape index (κ1) is 12.9. The number of nitrogens with zero attached hydrogens (tertiary/aromatic N) is 1. The monoisotopic (exact) mass is 315 g/mol. The third-order valence-corrected chi connectivity index (χ3v) is 3.74. The topological polar surface area (TPSA) is 21.6 Å². The third-order valence-electron chi connectivity index (χ3n) is 2.92. The van der Waals surface area contributed by atoms with Gasteiger partial charge in [0.05, 0.1) is 5.71 Å². The smallest absolute Gasteiger partial charge is 0.133 e. The van der Waals surface area contributed by atoms with E-state index in [0.717, 1.165) is 22.5 Å². The maximum atomic E-state index is 5.91. The summed E-state index contributed by atoms with van der Waals surface area (Å²) in [4.78, 5) is 5.48. The molecule has 1 unspecified atom stereocenters. The maximum Gasteiger partial charge on any atom is 0.133 e. The van der Waals surface area contributed by atoms with Gasteiger partial charge in [0, 0.05) is 22.7 Å². The minimum Gasteiger partial charge on any atom is -0.390 e. The molecular formula is C13H15BrClNO. The summed E-state index contributed by atoms with van der Waals surface area (Å²) in [6.07, 6.45) is 0.930. The highest BCUT2D eigenvalue weighted by molar-refractivity contribution is 9.09. The van der Waals surface area contributed by atoms with Crippen LogP contribution in [-0.4, -0.2) is 16.6 Å². The predicted molar refractivity (Wildman–Crippen MR) is 75.2 cm³/mol. The van der Waals surface area contributed by atoms with Gasteiger partial charge in [-0.2, -0.15) is 0 Å². The molecule has 0 saturated heterocycles. The molecule has 0 spiro atoms. The molecule has 1 aliphatic rings. The number of rotatable bonds is 2. The fourth-order valence-corrected chi connectivity index (χ4v) is 2.63. The van der Waals surface area contributed by atoms with Crippen molar-refractivity contribution in [2.75, 3.05) is 5.33 Å². The summed E-state index contributed by atoms with van der Waals surface area (Å²) in [6, 6.07) is 7.97. The maximum absolute atomic E-state index is 5.91. The molecule has 1 atom stereocenters. The molecule has 0 amide bonds. The van der Waals surface area contributed by atoms with Gasteiger partial charge in [-0.15, -0.1) is 0 Å². The van der Waals surface area contributed by atoms with E-state index in [4.69, 9.17) is 16.4 Å². The summed E-state index contributed by atoms with van der Waals surface area (Å²) < 4.78 is 0. The van der Waals surface area contributed by atoms with Crippen molar-refractivity contribution in [3.63, 3.8) is 0 Å². The molecule has 2 rings (SSSR count). The van der Waals surface area contributed by atoms with E-state index in [-0.39, 0.29) is 5.60 Å². The Kier molecular flexibility index (Phi) is 3.79. The van der Waals surface area contributed by atoms with E-state index in [0.29, 0.717) is 5.92 Å². The molecule has 0 N–H and O–H groups in total. The largest absolute Gasteiger partial charge is 0.390 e. The Morgan fingerprint density at radius 3 is 2.65 bits per heavy atom. The zero-order valence-corrected chi connectivity index (χ0v) is 12.3. The van der Waals surface area contributed by atoms with Crippen LogP contribution >= 0.6 is 27.5 Å². The van der Waals surface area contributed by atoms with Gasteiger partial charge in [0.15, 0.2) is 0 Å². The van der Waals surface area contributed by atoms with Crippen LogP contribution in [0.1, 0.15) is 31.7 Å². The first-order chi connectivity index (χ1) is 8.02. The Balaban J connectivity index is 2.32. The average molecular weight is 317 g/mol. The van der Waals surface area contributed by atoms with Crippen LogP contribution < -0.4 is 0 Å². The molecule has 1 heterocycles. The number of benzene rings is 1. The lowest BCUT2D eigenvalue weighted by Crippen LogP contribution is -2.34. The molecule has 1 aliphatic heterocycles. The number of oxime groups is 1. The third kappa shape index (κ3) is 3.02. The molecule has 4 heteroatoms. The van der Waals surface area contributed by atoms with Crippen molar-refractivity contribution in [1.82, 2.24) is 0 Å². The standard InChI is InChI=1S/C13H15BrClNO/c1-13(2)7-11(12(8-14)16-17-13)9-3-5-10(15)6-4-9/h3-6,11H,7-8H2,1-2H3. The van der Waals surface area contributed by atoms with E-state index < -0.39 is 0 Å². The number of alkyl halides is 1. The van der Waals surface area contributed by atoms with Gasteiger partial charge < -0.3 is 4.84 Å². The van der Waals surface area contributed by atoms with Gasteiger partial charge in [0.2, 0.25) is 0 Å². The minimum atomic E-state index is -0.212. The summed E-state index contributed by atoms with van der Waals surface area (Å²) in [5.41, 5.74) is 2.06. The number of hydrogen-bond acceptors (Lipinski definition) is 2. The second-order valence-electron chi connectivity index (χ2n) is 4.88. The molecule has 17 heavy (non-hydrogen) atoms.